The van der Waals surface area contributed by atoms with Crippen LogP contribution in [0.2, 0.25) is 0 Å². The Morgan fingerprint density at radius 3 is 2.39 bits per heavy atom. The van der Waals surface area contributed by atoms with Gasteiger partial charge in [-0.3, -0.25) is 0 Å². The summed E-state index contributed by atoms with van der Waals surface area (Å²) < 4.78 is 27.4. The Morgan fingerprint density at radius 2 is 1.87 bits per heavy atom. The molecule has 1 aliphatic heterocycles. The fourth-order valence-corrected chi connectivity index (χ4v) is 4.80. The van der Waals surface area contributed by atoms with Crippen molar-refractivity contribution < 1.29 is 8.42 Å². The number of sulfonamides is 1. The number of rotatable bonds is 5. The van der Waals surface area contributed by atoms with Gasteiger partial charge in [-0.25, -0.2) is 8.42 Å². The third kappa shape index (κ3) is 4.90. The average molecular weight is 362 g/mol. The van der Waals surface area contributed by atoms with E-state index < -0.39 is 10.0 Å². The van der Waals surface area contributed by atoms with Crippen molar-refractivity contribution >= 4 is 22.4 Å². The molecule has 0 radical (unpaired) electrons. The van der Waals surface area contributed by atoms with Crippen molar-refractivity contribution in [3.05, 3.63) is 29.8 Å². The summed E-state index contributed by atoms with van der Waals surface area (Å²) in [5, 5.41) is 0. The zero-order valence-corrected chi connectivity index (χ0v) is 15.7. The third-order valence-corrected chi connectivity index (χ3v) is 6.07. The minimum Gasteiger partial charge on any atom is -0.326 e. The third-order valence-electron chi connectivity index (χ3n) is 4.13. The van der Waals surface area contributed by atoms with Crippen LogP contribution in [-0.2, 0) is 16.6 Å². The van der Waals surface area contributed by atoms with Crippen molar-refractivity contribution in [2.24, 2.45) is 5.73 Å². The van der Waals surface area contributed by atoms with Crippen molar-refractivity contribution in [3.8, 4) is 0 Å². The molecule has 1 heterocycles. The van der Waals surface area contributed by atoms with E-state index in [2.05, 4.69) is 4.90 Å². The Hall–Kier alpha value is -0.660. The first-order valence-electron chi connectivity index (χ1n) is 7.83. The molecule has 23 heavy (non-hydrogen) atoms. The van der Waals surface area contributed by atoms with Crippen LogP contribution >= 0.6 is 12.4 Å². The lowest BCUT2D eigenvalue weighted by Gasteiger charge is -2.36. The molecule has 1 saturated heterocycles. The zero-order valence-electron chi connectivity index (χ0n) is 14.1. The Morgan fingerprint density at radius 1 is 1.26 bits per heavy atom. The minimum absolute atomic E-state index is 0. The van der Waals surface area contributed by atoms with Crippen LogP contribution in [0.5, 0.6) is 0 Å². The largest absolute Gasteiger partial charge is 0.326 e. The van der Waals surface area contributed by atoms with Gasteiger partial charge in [0.25, 0.3) is 0 Å². The summed E-state index contributed by atoms with van der Waals surface area (Å²) >= 11 is 0. The molecule has 0 spiro atoms. The van der Waals surface area contributed by atoms with Gasteiger partial charge >= 0.3 is 0 Å². The minimum atomic E-state index is -3.46. The summed E-state index contributed by atoms with van der Waals surface area (Å²) in [6.45, 7) is 3.25. The number of hydrogen-bond donors (Lipinski definition) is 1. The zero-order chi connectivity index (χ0) is 16.3. The summed E-state index contributed by atoms with van der Waals surface area (Å²) in [5.41, 5.74) is 7.10. The molecule has 2 N–H and O–H groups in total. The monoisotopic (exact) mass is 361 g/mol. The van der Waals surface area contributed by atoms with E-state index in [1.54, 1.807) is 16.4 Å². The summed E-state index contributed by atoms with van der Waals surface area (Å²) in [4.78, 5) is 2.42. The van der Waals surface area contributed by atoms with Crippen molar-refractivity contribution in [1.82, 2.24) is 9.21 Å². The maximum atomic E-state index is 12.9. The molecule has 0 bridgehead atoms. The summed E-state index contributed by atoms with van der Waals surface area (Å²) in [6.07, 6.45) is 2.79. The molecule has 0 aromatic heterocycles. The molecule has 1 fully saturated rings. The second-order valence-corrected chi connectivity index (χ2v) is 8.31. The molecule has 1 aromatic rings. The summed E-state index contributed by atoms with van der Waals surface area (Å²) in [6, 6.07) is 6.94. The van der Waals surface area contributed by atoms with Gasteiger partial charge in [-0.1, -0.05) is 18.6 Å². The van der Waals surface area contributed by atoms with Gasteiger partial charge in [0.15, 0.2) is 0 Å². The summed E-state index contributed by atoms with van der Waals surface area (Å²) in [7, 11) is 0.522. The molecule has 5 nitrogen and oxygen atoms in total. The smallest absolute Gasteiger partial charge is 0.243 e. The van der Waals surface area contributed by atoms with Gasteiger partial charge in [-0.2, -0.15) is 4.31 Å². The normalized spacial score (nSPS) is 21.0. The first kappa shape index (κ1) is 20.4. The lowest BCUT2D eigenvalue weighted by molar-refractivity contribution is 0.227. The van der Waals surface area contributed by atoms with E-state index in [1.807, 2.05) is 33.2 Å². The number of benzene rings is 1. The second-order valence-electron chi connectivity index (χ2n) is 6.42. The molecule has 132 valence electrons. The maximum Gasteiger partial charge on any atom is 0.243 e. The van der Waals surface area contributed by atoms with Gasteiger partial charge < -0.3 is 10.6 Å². The molecule has 1 aliphatic rings. The molecule has 7 heteroatoms. The van der Waals surface area contributed by atoms with E-state index >= 15 is 0 Å². The van der Waals surface area contributed by atoms with E-state index in [0.29, 0.717) is 11.4 Å². The van der Waals surface area contributed by atoms with Gasteiger partial charge in [0.2, 0.25) is 10.0 Å². The molecule has 0 amide bonds. The van der Waals surface area contributed by atoms with Gasteiger partial charge in [0.1, 0.15) is 0 Å². The lowest BCUT2D eigenvalue weighted by atomic mass is 10.00. The predicted molar refractivity (Wildman–Crippen MR) is 96.3 cm³/mol. The van der Waals surface area contributed by atoms with Gasteiger partial charge in [0.05, 0.1) is 4.90 Å². The molecule has 0 saturated carbocycles. The van der Waals surface area contributed by atoms with E-state index in [4.69, 9.17) is 5.73 Å². The quantitative estimate of drug-likeness (QED) is 0.871. The van der Waals surface area contributed by atoms with Crippen LogP contribution in [0.4, 0.5) is 0 Å². The van der Waals surface area contributed by atoms with E-state index in [9.17, 15) is 8.42 Å². The number of nitrogens with zero attached hydrogens (tertiary/aromatic N) is 2. The van der Waals surface area contributed by atoms with Crippen LogP contribution in [0.15, 0.2) is 29.2 Å². The highest BCUT2D eigenvalue weighted by Crippen LogP contribution is 2.26. The first-order chi connectivity index (χ1) is 10.3. The highest BCUT2D eigenvalue weighted by atomic mass is 35.5. The fraction of sp³-hybridized carbons (Fsp3) is 0.625. The number of halogens is 1. The molecule has 2 unspecified atom stereocenters. The van der Waals surface area contributed by atoms with E-state index in [0.717, 1.165) is 31.4 Å². The Balaban J connectivity index is 0.00000264. The van der Waals surface area contributed by atoms with Crippen molar-refractivity contribution in [2.75, 3.05) is 20.6 Å². The summed E-state index contributed by atoms with van der Waals surface area (Å²) in [5.74, 6) is 0. The van der Waals surface area contributed by atoms with E-state index in [1.165, 1.54) is 0 Å². The van der Waals surface area contributed by atoms with Crippen LogP contribution in [0.25, 0.3) is 0 Å². The van der Waals surface area contributed by atoms with Gasteiger partial charge in [0, 0.05) is 25.2 Å². The highest BCUT2D eigenvalue weighted by molar-refractivity contribution is 7.89. The van der Waals surface area contributed by atoms with Crippen LogP contribution in [0, 0.1) is 0 Å². The SMILES string of the molecule is CC(N)C1CCCCN1S(=O)(=O)c1ccc(CN(C)C)cc1.Cl. The Labute approximate surface area is 146 Å². The fourth-order valence-electron chi connectivity index (χ4n) is 3.02. The number of hydrogen-bond acceptors (Lipinski definition) is 4. The van der Waals surface area contributed by atoms with Gasteiger partial charge in [-0.15, -0.1) is 12.4 Å². The van der Waals surface area contributed by atoms with Crippen LogP contribution in [-0.4, -0.2) is 50.3 Å². The predicted octanol–water partition coefficient (Wildman–Crippen LogP) is 2.06. The van der Waals surface area contributed by atoms with Crippen LogP contribution in [0.3, 0.4) is 0 Å². The van der Waals surface area contributed by atoms with E-state index in [-0.39, 0.29) is 24.5 Å². The second kappa shape index (κ2) is 8.44. The first-order valence-corrected chi connectivity index (χ1v) is 9.27. The molecular weight excluding hydrogens is 334 g/mol. The topological polar surface area (TPSA) is 66.6 Å². The van der Waals surface area contributed by atoms with Crippen LogP contribution < -0.4 is 5.73 Å². The van der Waals surface area contributed by atoms with Gasteiger partial charge in [-0.05, 0) is 51.6 Å². The standard InChI is InChI=1S/C16H27N3O2S.ClH/c1-13(17)16-6-4-5-11-19(16)22(20,21)15-9-7-14(8-10-15)12-18(2)3;/h7-10,13,16H,4-6,11-12,17H2,1-3H3;1H. The van der Waals surface area contributed by atoms with Crippen molar-refractivity contribution in [2.45, 2.75) is 49.7 Å². The number of piperidine rings is 1. The van der Waals surface area contributed by atoms with Crippen molar-refractivity contribution in [3.63, 3.8) is 0 Å². The number of nitrogens with two attached hydrogens (primary N) is 1. The molecule has 0 aliphatic carbocycles. The van der Waals surface area contributed by atoms with Crippen LogP contribution in [0.1, 0.15) is 31.7 Å². The highest BCUT2D eigenvalue weighted by Gasteiger charge is 2.35. The Kier molecular flexibility index (Phi) is 7.48. The molecule has 2 rings (SSSR count). The maximum absolute atomic E-state index is 12.9. The molecule has 2 atom stereocenters. The molecular formula is C16H28ClN3O2S. The molecule has 1 aromatic carbocycles. The average Bonchev–Trinajstić information content (AvgIpc) is 2.47. The van der Waals surface area contributed by atoms with Crippen molar-refractivity contribution in [1.29, 1.82) is 0 Å². The lowest BCUT2D eigenvalue weighted by Crippen LogP contribution is -2.51. The Bertz CT molecular complexity index is 588.